The maximum Gasteiger partial charge on any atom is 0.310 e. The van der Waals surface area contributed by atoms with Crippen LogP contribution in [0.4, 0.5) is 0 Å². The highest BCUT2D eigenvalue weighted by molar-refractivity contribution is 5.82. The van der Waals surface area contributed by atoms with Gasteiger partial charge in [0.15, 0.2) is 6.61 Å². The number of amides is 1. The topological polar surface area (TPSA) is 76.1 Å². The van der Waals surface area contributed by atoms with Gasteiger partial charge in [0, 0.05) is 13.1 Å². The molecule has 0 atom stereocenters. The van der Waals surface area contributed by atoms with Crippen molar-refractivity contribution in [3.05, 3.63) is 24.3 Å². The predicted octanol–water partition coefficient (Wildman–Crippen LogP) is 1.01. The van der Waals surface area contributed by atoms with E-state index in [0.29, 0.717) is 12.4 Å². The Balaban J connectivity index is 1.75. The number of ether oxygens (including phenoxy) is 2. The summed E-state index contributed by atoms with van der Waals surface area (Å²) in [6.07, 6.45) is 0. The molecule has 0 bridgehead atoms. The number of carboxylic acids is 1. The van der Waals surface area contributed by atoms with Crippen molar-refractivity contribution in [3.8, 4) is 11.5 Å². The summed E-state index contributed by atoms with van der Waals surface area (Å²) >= 11 is 0. The van der Waals surface area contributed by atoms with Gasteiger partial charge in [-0.3, -0.25) is 9.59 Å². The van der Waals surface area contributed by atoms with E-state index in [0.717, 1.165) is 5.75 Å². The Kier molecular flexibility index (Phi) is 4.45. The van der Waals surface area contributed by atoms with Crippen LogP contribution >= 0.6 is 0 Å². The standard InChI is InChI=1S/C14H17NO5/c1-2-19-11-3-5-12(6-4-11)20-9-13(16)15-7-10(8-15)14(17)18/h3-6,10H,2,7-9H2,1H3,(H,17,18). The summed E-state index contributed by atoms with van der Waals surface area (Å²) in [6.45, 7) is 2.95. The summed E-state index contributed by atoms with van der Waals surface area (Å²) in [4.78, 5) is 23.8. The van der Waals surface area contributed by atoms with Crippen molar-refractivity contribution < 1.29 is 24.2 Å². The molecule has 0 radical (unpaired) electrons. The molecular weight excluding hydrogens is 262 g/mol. The molecule has 1 heterocycles. The van der Waals surface area contributed by atoms with Crippen LogP contribution in [0.3, 0.4) is 0 Å². The van der Waals surface area contributed by atoms with Crippen molar-refractivity contribution in [2.75, 3.05) is 26.3 Å². The van der Waals surface area contributed by atoms with Crippen molar-refractivity contribution in [1.29, 1.82) is 0 Å². The summed E-state index contributed by atoms with van der Waals surface area (Å²) < 4.78 is 10.7. The second-order valence-corrected chi connectivity index (χ2v) is 4.53. The number of likely N-dealkylation sites (tertiary alicyclic amines) is 1. The maximum atomic E-state index is 11.7. The second-order valence-electron chi connectivity index (χ2n) is 4.53. The van der Waals surface area contributed by atoms with Gasteiger partial charge in [0.1, 0.15) is 11.5 Å². The average Bonchev–Trinajstić information content (AvgIpc) is 2.36. The van der Waals surface area contributed by atoms with Gasteiger partial charge in [-0.1, -0.05) is 0 Å². The normalized spacial score (nSPS) is 14.6. The zero-order chi connectivity index (χ0) is 14.5. The zero-order valence-electron chi connectivity index (χ0n) is 11.2. The molecule has 1 fully saturated rings. The van der Waals surface area contributed by atoms with Crippen LogP contribution < -0.4 is 9.47 Å². The molecule has 108 valence electrons. The summed E-state index contributed by atoms with van der Waals surface area (Å²) in [5.74, 6) is -0.169. The van der Waals surface area contributed by atoms with E-state index in [9.17, 15) is 9.59 Å². The summed E-state index contributed by atoms with van der Waals surface area (Å²) in [6, 6.07) is 7.00. The van der Waals surface area contributed by atoms with E-state index in [2.05, 4.69) is 0 Å². The molecule has 2 rings (SSSR count). The molecule has 1 aromatic carbocycles. The monoisotopic (exact) mass is 279 g/mol. The molecule has 1 aliphatic heterocycles. The minimum Gasteiger partial charge on any atom is -0.494 e. The highest BCUT2D eigenvalue weighted by Crippen LogP contribution is 2.19. The first-order valence-electron chi connectivity index (χ1n) is 6.46. The fraction of sp³-hybridized carbons (Fsp3) is 0.429. The minimum atomic E-state index is -0.860. The van der Waals surface area contributed by atoms with Gasteiger partial charge in [-0.2, -0.15) is 0 Å². The third-order valence-electron chi connectivity index (χ3n) is 3.08. The molecule has 20 heavy (non-hydrogen) atoms. The Morgan fingerprint density at radius 2 is 1.75 bits per heavy atom. The van der Waals surface area contributed by atoms with Crippen LogP contribution in [0.15, 0.2) is 24.3 Å². The van der Waals surface area contributed by atoms with Gasteiger partial charge in [0.2, 0.25) is 0 Å². The van der Waals surface area contributed by atoms with Crippen LogP contribution in [0.5, 0.6) is 11.5 Å². The van der Waals surface area contributed by atoms with Crippen LogP contribution in [0, 0.1) is 5.92 Å². The number of carboxylic acid groups (broad SMARTS) is 1. The van der Waals surface area contributed by atoms with Crippen LogP contribution in [0.1, 0.15) is 6.92 Å². The van der Waals surface area contributed by atoms with Crippen LogP contribution in [-0.4, -0.2) is 48.2 Å². The Morgan fingerprint density at radius 3 is 2.25 bits per heavy atom. The van der Waals surface area contributed by atoms with E-state index >= 15 is 0 Å². The summed E-state index contributed by atoms with van der Waals surface area (Å²) in [7, 11) is 0. The summed E-state index contributed by atoms with van der Waals surface area (Å²) in [5, 5.41) is 8.73. The van der Waals surface area contributed by atoms with Gasteiger partial charge in [-0.05, 0) is 31.2 Å². The predicted molar refractivity (Wildman–Crippen MR) is 70.8 cm³/mol. The Morgan fingerprint density at radius 1 is 1.20 bits per heavy atom. The van der Waals surface area contributed by atoms with Crippen molar-refractivity contribution in [2.24, 2.45) is 5.92 Å². The number of aliphatic carboxylic acids is 1. The van der Waals surface area contributed by atoms with E-state index < -0.39 is 11.9 Å². The molecule has 0 aliphatic carbocycles. The van der Waals surface area contributed by atoms with Gasteiger partial charge in [-0.15, -0.1) is 0 Å². The first kappa shape index (κ1) is 14.2. The smallest absolute Gasteiger partial charge is 0.310 e. The molecule has 0 unspecified atom stereocenters. The number of benzene rings is 1. The molecule has 1 aromatic rings. The number of nitrogens with zero attached hydrogens (tertiary/aromatic N) is 1. The second kappa shape index (κ2) is 6.27. The average molecular weight is 279 g/mol. The lowest BCUT2D eigenvalue weighted by molar-refractivity contribution is -0.153. The fourth-order valence-electron chi connectivity index (χ4n) is 1.87. The third-order valence-corrected chi connectivity index (χ3v) is 3.08. The van der Waals surface area contributed by atoms with Crippen LogP contribution in [0.2, 0.25) is 0 Å². The van der Waals surface area contributed by atoms with Gasteiger partial charge in [-0.25, -0.2) is 0 Å². The lowest BCUT2D eigenvalue weighted by Gasteiger charge is -2.36. The SMILES string of the molecule is CCOc1ccc(OCC(=O)N2CC(C(=O)O)C2)cc1. The Bertz CT molecular complexity index is 479. The number of carbonyl (C=O) groups excluding carboxylic acids is 1. The largest absolute Gasteiger partial charge is 0.494 e. The first-order chi connectivity index (χ1) is 9.60. The molecule has 0 spiro atoms. The van der Waals surface area contributed by atoms with E-state index in [1.807, 2.05) is 6.92 Å². The highest BCUT2D eigenvalue weighted by Gasteiger charge is 2.35. The van der Waals surface area contributed by atoms with Gasteiger partial charge < -0.3 is 19.5 Å². The molecule has 1 amide bonds. The van der Waals surface area contributed by atoms with Gasteiger partial charge in [0.25, 0.3) is 5.91 Å². The quantitative estimate of drug-likeness (QED) is 0.841. The van der Waals surface area contributed by atoms with Crippen molar-refractivity contribution in [2.45, 2.75) is 6.92 Å². The van der Waals surface area contributed by atoms with E-state index in [1.165, 1.54) is 4.90 Å². The van der Waals surface area contributed by atoms with E-state index in [-0.39, 0.29) is 25.6 Å². The minimum absolute atomic E-state index is 0.0830. The fourth-order valence-corrected chi connectivity index (χ4v) is 1.87. The van der Waals surface area contributed by atoms with Gasteiger partial charge in [0.05, 0.1) is 12.5 Å². The molecule has 0 aromatic heterocycles. The molecule has 6 nitrogen and oxygen atoms in total. The lowest BCUT2D eigenvalue weighted by atomic mass is 10.0. The first-order valence-corrected chi connectivity index (χ1v) is 6.46. The highest BCUT2D eigenvalue weighted by atomic mass is 16.5. The molecule has 6 heteroatoms. The molecule has 1 aliphatic rings. The van der Waals surface area contributed by atoms with Gasteiger partial charge >= 0.3 is 5.97 Å². The Labute approximate surface area is 116 Å². The van der Waals surface area contributed by atoms with Crippen molar-refractivity contribution >= 4 is 11.9 Å². The van der Waals surface area contributed by atoms with Crippen LogP contribution in [-0.2, 0) is 9.59 Å². The number of hydrogen-bond donors (Lipinski definition) is 1. The number of rotatable bonds is 6. The molecule has 0 saturated carbocycles. The number of carbonyl (C=O) groups is 2. The zero-order valence-corrected chi connectivity index (χ0v) is 11.2. The summed E-state index contributed by atoms with van der Waals surface area (Å²) in [5.41, 5.74) is 0. The van der Waals surface area contributed by atoms with Crippen LogP contribution in [0.25, 0.3) is 0 Å². The van der Waals surface area contributed by atoms with E-state index in [4.69, 9.17) is 14.6 Å². The van der Waals surface area contributed by atoms with Crippen molar-refractivity contribution in [3.63, 3.8) is 0 Å². The van der Waals surface area contributed by atoms with Crippen molar-refractivity contribution in [1.82, 2.24) is 4.90 Å². The third kappa shape index (κ3) is 3.40. The Hall–Kier alpha value is -2.24. The van der Waals surface area contributed by atoms with E-state index in [1.54, 1.807) is 24.3 Å². The number of hydrogen-bond acceptors (Lipinski definition) is 4. The molecular formula is C14H17NO5. The maximum absolute atomic E-state index is 11.7. The molecule has 1 saturated heterocycles. The molecule has 1 N–H and O–H groups in total. The lowest BCUT2D eigenvalue weighted by Crippen LogP contribution is -2.54.